The molecule has 0 radical (unpaired) electrons. The van der Waals surface area contributed by atoms with Crippen LogP contribution in [0.3, 0.4) is 0 Å². The number of hydrogen-bond donors (Lipinski definition) is 0. The number of halogens is 1. The lowest BCUT2D eigenvalue weighted by Crippen LogP contribution is -2.65. The summed E-state index contributed by atoms with van der Waals surface area (Å²) in [5, 5.41) is 0. The van der Waals surface area contributed by atoms with Crippen molar-refractivity contribution in [2.75, 3.05) is 24.5 Å². The molecule has 100 heavy (non-hydrogen) atoms. The highest BCUT2D eigenvalue weighted by Gasteiger charge is 2.50. The van der Waals surface area contributed by atoms with Gasteiger partial charge in [-0.15, -0.1) is 0 Å². The number of para-hydroxylation sites is 8. The lowest BCUT2D eigenvalue weighted by Gasteiger charge is -2.46. The first-order valence-corrected chi connectivity index (χ1v) is 35.1. The number of benzene rings is 15. The molecule has 0 atom stereocenters. The minimum Gasteiger partial charge on any atom is -0.311 e. The van der Waals surface area contributed by atoms with Crippen molar-refractivity contribution in [3.8, 4) is 33.4 Å². The quantitative estimate of drug-likeness (QED) is 0.113. The summed E-state index contributed by atoms with van der Waals surface area (Å²) in [6.45, 7) is 1.40. The van der Waals surface area contributed by atoms with Gasteiger partial charge in [0, 0.05) is 83.5 Å². The maximum atomic E-state index is 21.0. The summed E-state index contributed by atoms with van der Waals surface area (Å²) in [6, 6.07) is 129. The molecule has 19 rings (SSSR count). The highest BCUT2D eigenvalue weighted by atomic mass is 32.2. The molecule has 15 aromatic rings. The van der Waals surface area contributed by atoms with Crippen LogP contribution >= 0.6 is 11.8 Å². The lowest BCUT2D eigenvalue weighted by atomic mass is 9.31. The van der Waals surface area contributed by atoms with Gasteiger partial charge in [0.05, 0.1) is 22.7 Å². The average molecular weight is 1300 g/mol. The summed E-state index contributed by atoms with van der Waals surface area (Å²) >= 11 is 1.57. The smallest absolute Gasteiger partial charge is 0.252 e. The molecule has 470 valence electrons. The monoisotopic (exact) mass is 1300 g/mol. The molecule has 0 aromatic heterocycles. The number of fused-ring (bicyclic) bond motifs is 8. The first-order chi connectivity index (χ1) is 49.5. The predicted molar refractivity (Wildman–Crippen MR) is 421 cm³/mol. The van der Waals surface area contributed by atoms with E-state index in [-0.39, 0.29) is 12.5 Å². The third-order valence-electron chi connectivity index (χ3n) is 20.4. The Hall–Kier alpha value is -12.3. The van der Waals surface area contributed by atoms with Crippen LogP contribution < -0.4 is 57.3 Å². The fourth-order valence-electron chi connectivity index (χ4n) is 16.2. The summed E-state index contributed by atoms with van der Waals surface area (Å²) in [5.41, 5.74) is 28.3. The van der Waals surface area contributed by atoms with E-state index in [1.807, 2.05) is 0 Å². The van der Waals surface area contributed by atoms with E-state index < -0.39 is 6.71 Å². The second kappa shape index (κ2) is 24.4. The number of aryl methyl sites for hydroxylation is 1. The van der Waals surface area contributed by atoms with Crippen molar-refractivity contribution in [2.45, 2.75) is 16.7 Å². The highest BCUT2D eigenvalue weighted by Crippen LogP contribution is 2.54. The Morgan fingerprint density at radius 3 is 1.31 bits per heavy atom. The third kappa shape index (κ3) is 9.63. The minimum atomic E-state index is -0.410. The number of rotatable bonds is 12. The molecule has 0 amide bonds. The van der Waals surface area contributed by atoms with Crippen LogP contribution in [0, 0.1) is 12.7 Å². The van der Waals surface area contributed by atoms with E-state index >= 15 is 4.39 Å². The minimum absolute atomic E-state index is 0.258. The fraction of sp³-hybridized carbons (Fsp3) is 0.0110. The largest absolute Gasteiger partial charge is 0.311 e. The van der Waals surface area contributed by atoms with Crippen LogP contribution in [-0.2, 0) is 0 Å². The molecule has 0 spiro atoms. The van der Waals surface area contributed by atoms with E-state index in [2.05, 4.69) is 389 Å². The number of nitrogens with zero attached hydrogens (tertiary/aromatic N) is 5. The Morgan fingerprint density at radius 1 is 0.300 bits per heavy atom. The van der Waals surface area contributed by atoms with Gasteiger partial charge in [0.1, 0.15) is 0 Å². The number of anilines is 15. The molecular formula is C91H62B2FN5S. The first kappa shape index (κ1) is 59.0. The van der Waals surface area contributed by atoms with E-state index in [0.717, 1.165) is 156 Å². The van der Waals surface area contributed by atoms with Crippen LogP contribution in [0.25, 0.3) is 33.4 Å². The second-order valence-electron chi connectivity index (χ2n) is 26.1. The van der Waals surface area contributed by atoms with Gasteiger partial charge in [-0.1, -0.05) is 272 Å². The van der Waals surface area contributed by atoms with Crippen LogP contribution in [0.4, 0.5) is 89.7 Å². The zero-order valence-electron chi connectivity index (χ0n) is 54.7. The molecular weight excluding hydrogens is 1240 g/mol. The Balaban J connectivity index is 0.912. The molecule has 0 fully saturated rings. The van der Waals surface area contributed by atoms with Crippen molar-refractivity contribution >= 4 is 143 Å². The second-order valence-corrected chi connectivity index (χ2v) is 27.1. The molecule has 5 nitrogen and oxygen atoms in total. The highest BCUT2D eigenvalue weighted by molar-refractivity contribution is 8.00. The Morgan fingerprint density at radius 2 is 0.730 bits per heavy atom. The van der Waals surface area contributed by atoms with Gasteiger partial charge >= 0.3 is 0 Å². The van der Waals surface area contributed by atoms with Gasteiger partial charge in [-0.05, 0) is 165 Å². The third-order valence-corrected chi connectivity index (χ3v) is 21.6. The average Bonchev–Trinajstić information content (AvgIpc) is 0.681. The molecule has 4 aliphatic heterocycles. The van der Waals surface area contributed by atoms with E-state index in [1.165, 1.54) is 0 Å². The van der Waals surface area contributed by atoms with Crippen molar-refractivity contribution in [1.29, 1.82) is 0 Å². The Labute approximate surface area is 587 Å². The molecule has 4 aliphatic rings. The van der Waals surface area contributed by atoms with Crippen LogP contribution in [0.15, 0.2) is 368 Å². The summed E-state index contributed by atoms with van der Waals surface area (Å²) in [7, 11) is 0. The molecule has 0 aliphatic carbocycles. The van der Waals surface area contributed by atoms with Gasteiger partial charge in [-0.3, -0.25) is 0 Å². The molecule has 0 saturated carbocycles. The maximum absolute atomic E-state index is 21.0. The number of hydrogen-bond acceptors (Lipinski definition) is 6. The van der Waals surface area contributed by atoms with E-state index in [9.17, 15) is 0 Å². The molecule has 0 bridgehead atoms. The van der Waals surface area contributed by atoms with Gasteiger partial charge in [0.25, 0.3) is 6.71 Å². The van der Waals surface area contributed by atoms with Gasteiger partial charge in [-0.25, -0.2) is 4.39 Å². The molecule has 0 saturated heterocycles. The molecule has 0 N–H and O–H groups in total. The summed E-state index contributed by atoms with van der Waals surface area (Å²) < 4.78 is 21.0. The van der Waals surface area contributed by atoms with E-state index in [4.69, 9.17) is 0 Å². The van der Waals surface area contributed by atoms with Gasteiger partial charge in [0.15, 0.2) is 5.82 Å². The summed E-state index contributed by atoms with van der Waals surface area (Å²) in [6.07, 6.45) is 0. The molecule has 4 heterocycles. The molecule has 0 unspecified atom stereocenters. The Kier molecular flexibility index (Phi) is 14.4. The van der Waals surface area contributed by atoms with Gasteiger partial charge in [0.2, 0.25) is 6.71 Å². The Bertz CT molecular complexity index is 5600. The topological polar surface area (TPSA) is 16.2 Å². The first-order valence-electron chi connectivity index (χ1n) is 34.2. The fourth-order valence-corrected chi connectivity index (χ4v) is 17.4. The van der Waals surface area contributed by atoms with Crippen LogP contribution in [-0.4, -0.2) is 13.4 Å². The summed E-state index contributed by atoms with van der Waals surface area (Å²) in [4.78, 5) is 13.6. The predicted octanol–water partition coefficient (Wildman–Crippen LogP) is 20.9. The SMILES string of the molecule is Cc1cccc(-c2ccccc2)c1N1c2cc(N(c3ccccc3)c3ccccc3)cc3c2B(c2ccccc2N3c2ccccc2)c2cc3c(c(F)c21)Sc1cc(N(c2ccc(-c4ccccc4)cc2)c2ccccc2-c2ccccc2)cc2c1B3c1ccccc1N2c1ccccc1. The normalized spacial score (nSPS) is 12.8. The van der Waals surface area contributed by atoms with Gasteiger partial charge in [-0.2, -0.15) is 0 Å². The van der Waals surface area contributed by atoms with Crippen molar-refractivity contribution in [3.05, 3.63) is 369 Å². The van der Waals surface area contributed by atoms with Crippen molar-refractivity contribution in [2.24, 2.45) is 0 Å². The van der Waals surface area contributed by atoms with Crippen LogP contribution in [0.1, 0.15) is 5.56 Å². The zero-order valence-corrected chi connectivity index (χ0v) is 55.6. The molecule has 9 heteroatoms. The zero-order chi connectivity index (χ0) is 66.4. The molecule has 15 aromatic carbocycles. The van der Waals surface area contributed by atoms with Crippen molar-refractivity contribution in [1.82, 2.24) is 0 Å². The van der Waals surface area contributed by atoms with Crippen molar-refractivity contribution in [3.63, 3.8) is 0 Å². The van der Waals surface area contributed by atoms with Gasteiger partial charge < -0.3 is 24.5 Å². The van der Waals surface area contributed by atoms with Crippen molar-refractivity contribution < 1.29 is 4.39 Å². The standard InChI is InChI=1S/C91H62B2FN5S/c1-61-30-29-46-74(65-35-13-4-14-36-65)89(61)99-83-57-71(95(66-37-15-5-16-38-66)67-39-17-6-18-40-67)56-82-86(83)92(75-47-24-27-50-80(75)97(82)68-41-19-7-20-42-68)77-60-78-91(88(94)90(77)99)100-85-59-72(58-84-87(85)93(78)76-48-25-28-51-81(76)98(84)69-43-21-8-22-44-69)96(70-54-52-63(53-55-70)62-31-9-2-10-32-62)79-49-26-23-45-73(79)64-33-11-3-12-34-64/h2-60H,1H3. The van der Waals surface area contributed by atoms with E-state index in [1.54, 1.807) is 11.8 Å². The summed E-state index contributed by atoms with van der Waals surface area (Å²) in [5.74, 6) is -0.258. The lowest BCUT2D eigenvalue weighted by molar-refractivity contribution is 0.606. The van der Waals surface area contributed by atoms with E-state index in [0.29, 0.717) is 10.6 Å². The van der Waals surface area contributed by atoms with Crippen LogP contribution in [0.2, 0.25) is 0 Å². The maximum Gasteiger partial charge on any atom is 0.252 e. The van der Waals surface area contributed by atoms with Crippen LogP contribution in [0.5, 0.6) is 0 Å².